The van der Waals surface area contributed by atoms with Crippen molar-refractivity contribution in [2.24, 2.45) is 0 Å². The predicted molar refractivity (Wildman–Crippen MR) is 84.1 cm³/mol. The van der Waals surface area contributed by atoms with Crippen molar-refractivity contribution in [1.82, 2.24) is 10.2 Å². The van der Waals surface area contributed by atoms with Crippen molar-refractivity contribution in [3.63, 3.8) is 0 Å². The number of fused-ring (bicyclic) bond motifs is 1. The van der Waals surface area contributed by atoms with Crippen molar-refractivity contribution >= 4 is 28.2 Å². The van der Waals surface area contributed by atoms with Crippen LogP contribution in [-0.2, 0) is 0 Å². The minimum absolute atomic E-state index is 0.683. The van der Waals surface area contributed by atoms with Gasteiger partial charge in [0.2, 0.25) is 0 Å². The van der Waals surface area contributed by atoms with Crippen LogP contribution in [0, 0.1) is 0 Å². The van der Waals surface area contributed by atoms with Crippen LogP contribution in [-0.4, -0.2) is 16.7 Å². The van der Waals surface area contributed by atoms with Crippen LogP contribution in [0.25, 0.3) is 22.0 Å². The summed E-state index contributed by atoms with van der Waals surface area (Å²) >= 11 is 6.28. The Morgan fingerprint density at radius 1 is 0.950 bits per heavy atom. The van der Waals surface area contributed by atoms with E-state index in [9.17, 15) is 0 Å². The molecule has 0 fully saturated rings. The molecule has 100 valence electrons. The summed E-state index contributed by atoms with van der Waals surface area (Å²) in [6.07, 6.45) is 0. The van der Waals surface area contributed by atoms with E-state index in [-0.39, 0.29) is 0 Å². The van der Waals surface area contributed by atoms with Gasteiger partial charge in [-0.05, 0) is 13.0 Å². The molecule has 4 heteroatoms. The molecule has 2 aromatic carbocycles. The minimum Gasteiger partial charge on any atom is -0.368 e. The molecule has 0 amide bonds. The van der Waals surface area contributed by atoms with E-state index in [1.165, 1.54) is 0 Å². The Morgan fingerprint density at radius 2 is 1.65 bits per heavy atom. The molecule has 1 aromatic heterocycles. The smallest absolute Gasteiger partial charge is 0.156 e. The first kappa shape index (κ1) is 12.9. The molecular formula is C16H14ClN3. The van der Waals surface area contributed by atoms with Crippen molar-refractivity contribution in [3.8, 4) is 11.3 Å². The fraction of sp³-hybridized carbons (Fsp3) is 0.125. The van der Waals surface area contributed by atoms with Crippen LogP contribution in [0.3, 0.4) is 0 Å². The van der Waals surface area contributed by atoms with Crippen LogP contribution in [0.5, 0.6) is 0 Å². The van der Waals surface area contributed by atoms with Gasteiger partial charge in [-0.25, -0.2) is 0 Å². The molecular weight excluding hydrogens is 270 g/mol. The third-order valence-corrected chi connectivity index (χ3v) is 3.49. The predicted octanol–water partition coefficient (Wildman–Crippen LogP) is 4.38. The Kier molecular flexibility index (Phi) is 3.52. The van der Waals surface area contributed by atoms with Crippen LogP contribution in [0.2, 0.25) is 5.02 Å². The van der Waals surface area contributed by atoms with E-state index in [4.69, 9.17) is 11.6 Å². The van der Waals surface area contributed by atoms with E-state index < -0.39 is 0 Å². The van der Waals surface area contributed by atoms with E-state index in [1.807, 2.05) is 55.5 Å². The van der Waals surface area contributed by atoms with E-state index in [2.05, 4.69) is 15.5 Å². The zero-order chi connectivity index (χ0) is 13.9. The first-order valence-electron chi connectivity index (χ1n) is 6.55. The lowest BCUT2D eigenvalue weighted by atomic mass is 10.0. The summed E-state index contributed by atoms with van der Waals surface area (Å²) in [7, 11) is 0. The Bertz CT molecular complexity index is 756. The van der Waals surface area contributed by atoms with E-state index in [1.54, 1.807) is 0 Å². The average molecular weight is 284 g/mol. The number of hydrogen-bond donors (Lipinski definition) is 1. The summed E-state index contributed by atoms with van der Waals surface area (Å²) in [6.45, 7) is 2.85. The van der Waals surface area contributed by atoms with Gasteiger partial charge >= 0.3 is 0 Å². The van der Waals surface area contributed by atoms with Crippen LogP contribution in [0.1, 0.15) is 6.92 Å². The standard InChI is InChI=1S/C16H14ClN3/c1-2-18-16-12-8-4-3-7-11(12)15(19-20-16)13-9-5-6-10-14(13)17/h3-10H,2H2,1H3,(H,18,20). The molecule has 0 unspecified atom stereocenters. The molecule has 20 heavy (non-hydrogen) atoms. The van der Waals surface area contributed by atoms with Crippen LogP contribution in [0.4, 0.5) is 5.82 Å². The molecule has 0 aliphatic rings. The number of rotatable bonds is 3. The summed E-state index contributed by atoms with van der Waals surface area (Å²) in [5.41, 5.74) is 1.72. The molecule has 1 heterocycles. The number of nitrogens with zero attached hydrogens (tertiary/aromatic N) is 2. The number of nitrogens with one attached hydrogen (secondary N) is 1. The molecule has 3 nitrogen and oxygen atoms in total. The van der Waals surface area contributed by atoms with Gasteiger partial charge in [-0.1, -0.05) is 54.1 Å². The molecule has 0 bridgehead atoms. The fourth-order valence-corrected chi connectivity index (χ4v) is 2.48. The zero-order valence-corrected chi connectivity index (χ0v) is 11.9. The second kappa shape index (κ2) is 5.47. The molecule has 0 spiro atoms. The van der Waals surface area contributed by atoms with E-state index in [0.717, 1.165) is 34.4 Å². The SMILES string of the molecule is CCNc1nnc(-c2ccccc2Cl)c2ccccc12. The molecule has 0 aliphatic carbocycles. The third-order valence-electron chi connectivity index (χ3n) is 3.16. The number of benzene rings is 2. The van der Waals surface area contributed by atoms with Gasteiger partial charge in [0.1, 0.15) is 5.69 Å². The highest BCUT2D eigenvalue weighted by molar-refractivity contribution is 6.33. The quantitative estimate of drug-likeness (QED) is 0.775. The fourth-order valence-electron chi connectivity index (χ4n) is 2.25. The second-order valence-corrected chi connectivity index (χ2v) is 4.86. The Balaban J connectivity index is 2.28. The number of aromatic nitrogens is 2. The summed E-state index contributed by atoms with van der Waals surface area (Å²) in [4.78, 5) is 0. The Hall–Kier alpha value is -2.13. The average Bonchev–Trinajstić information content (AvgIpc) is 2.49. The second-order valence-electron chi connectivity index (χ2n) is 4.45. The maximum atomic E-state index is 6.28. The molecule has 3 rings (SSSR count). The van der Waals surface area contributed by atoms with Gasteiger partial charge < -0.3 is 5.32 Å². The van der Waals surface area contributed by atoms with E-state index >= 15 is 0 Å². The lowest BCUT2D eigenvalue weighted by Crippen LogP contribution is -2.02. The molecule has 3 aromatic rings. The number of hydrogen-bond acceptors (Lipinski definition) is 3. The van der Waals surface area contributed by atoms with Gasteiger partial charge in [-0.3, -0.25) is 0 Å². The Labute approximate surface area is 122 Å². The van der Waals surface area contributed by atoms with Crippen molar-refractivity contribution in [2.75, 3.05) is 11.9 Å². The highest BCUT2D eigenvalue weighted by Crippen LogP contribution is 2.33. The first-order chi connectivity index (χ1) is 9.81. The van der Waals surface area contributed by atoms with Crippen LogP contribution >= 0.6 is 11.6 Å². The largest absolute Gasteiger partial charge is 0.368 e. The molecule has 1 N–H and O–H groups in total. The summed E-state index contributed by atoms with van der Waals surface area (Å²) < 4.78 is 0. The van der Waals surface area contributed by atoms with Crippen LogP contribution < -0.4 is 5.32 Å². The maximum Gasteiger partial charge on any atom is 0.156 e. The molecule has 0 radical (unpaired) electrons. The van der Waals surface area contributed by atoms with Gasteiger partial charge in [0, 0.05) is 22.9 Å². The van der Waals surface area contributed by atoms with Crippen molar-refractivity contribution in [3.05, 3.63) is 53.6 Å². The summed E-state index contributed by atoms with van der Waals surface area (Å²) in [5, 5.41) is 14.7. The highest BCUT2D eigenvalue weighted by Gasteiger charge is 2.12. The lowest BCUT2D eigenvalue weighted by Gasteiger charge is -2.10. The van der Waals surface area contributed by atoms with Crippen molar-refractivity contribution < 1.29 is 0 Å². The van der Waals surface area contributed by atoms with Gasteiger partial charge in [-0.15, -0.1) is 10.2 Å². The summed E-state index contributed by atoms with van der Waals surface area (Å²) in [6, 6.07) is 15.8. The van der Waals surface area contributed by atoms with Gasteiger partial charge in [0.15, 0.2) is 5.82 Å². The monoisotopic (exact) mass is 283 g/mol. The maximum absolute atomic E-state index is 6.28. The number of anilines is 1. The molecule has 0 atom stereocenters. The lowest BCUT2D eigenvalue weighted by molar-refractivity contribution is 1.03. The molecule has 0 aliphatic heterocycles. The van der Waals surface area contributed by atoms with Crippen molar-refractivity contribution in [2.45, 2.75) is 6.92 Å². The minimum atomic E-state index is 0.683. The van der Waals surface area contributed by atoms with Gasteiger partial charge in [-0.2, -0.15) is 0 Å². The van der Waals surface area contributed by atoms with Gasteiger partial charge in [0.05, 0.1) is 5.02 Å². The normalized spacial score (nSPS) is 10.7. The van der Waals surface area contributed by atoms with Crippen LogP contribution in [0.15, 0.2) is 48.5 Å². The molecule has 0 saturated heterocycles. The highest BCUT2D eigenvalue weighted by atomic mass is 35.5. The Morgan fingerprint density at radius 3 is 2.40 bits per heavy atom. The molecule has 0 saturated carbocycles. The third kappa shape index (κ3) is 2.21. The van der Waals surface area contributed by atoms with E-state index in [0.29, 0.717) is 5.02 Å². The first-order valence-corrected chi connectivity index (χ1v) is 6.93. The van der Waals surface area contributed by atoms with Gasteiger partial charge in [0.25, 0.3) is 0 Å². The topological polar surface area (TPSA) is 37.8 Å². The zero-order valence-electron chi connectivity index (χ0n) is 11.1. The number of halogens is 1. The van der Waals surface area contributed by atoms with Crippen molar-refractivity contribution in [1.29, 1.82) is 0 Å². The summed E-state index contributed by atoms with van der Waals surface area (Å²) in [5.74, 6) is 0.805.